The number of methoxy groups -OCH3 is 1. The maximum Gasteiger partial charge on any atom is 0.270 e. The minimum atomic E-state index is -0.268. The minimum absolute atomic E-state index is 0.168. The Balaban J connectivity index is 2.70. The van der Waals surface area contributed by atoms with Crippen LogP contribution in [0.4, 0.5) is 0 Å². The Labute approximate surface area is 119 Å². The van der Waals surface area contributed by atoms with Gasteiger partial charge in [-0.05, 0) is 33.1 Å². The summed E-state index contributed by atoms with van der Waals surface area (Å²) in [6.45, 7) is 2.53. The molecule has 0 aliphatic carbocycles. The average molecular weight is 281 g/mol. The number of amides is 1. The van der Waals surface area contributed by atoms with E-state index in [9.17, 15) is 9.59 Å². The topological polar surface area (TPSA) is 65.6 Å². The number of pyridine rings is 1. The van der Waals surface area contributed by atoms with Gasteiger partial charge < -0.3 is 19.5 Å². The fraction of sp³-hybridized carbons (Fsp3) is 0.571. The van der Waals surface area contributed by atoms with Crippen LogP contribution in [0, 0.1) is 0 Å². The highest BCUT2D eigenvalue weighted by Gasteiger charge is 2.15. The van der Waals surface area contributed by atoms with Crippen molar-refractivity contribution >= 4 is 5.91 Å². The standard InChI is InChI=1S/C14H23N3O3/c1-16(2)8-5-9-17(10-11-20-3)14(19)12-6-4-7-13(18)15-12/h4,6-7H,5,8-11H2,1-3H3,(H,15,18). The lowest BCUT2D eigenvalue weighted by Crippen LogP contribution is -2.37. The van der Waals surface area contributed by atoms with Crippen LogP contribution in [0.5, 0.6) is 0 Å². The normalized spacial score (nSPS) is 10.8. The van der Waals surface area contributed by atoms with Crippen molar-refractivity contribution in [3.05, 3.63) is 34.2 Å². The molecule has 20 heavy (non-hydrogen) atoms. The van der Waals surface area contributed by atoms with E-state index in [2.05, 4.69) is 9.88 Å². The third-order valence-corrected chi connectivity index (χ3v) is 2.88. The third kappa shape index (κ3) is 5.54. The quantitative estimate of drug-likeness (QED) is 0.750. The van der Waals surface area contributed by atoms with Gasteiger partial charge in [0.2, 0.25) is 5.56 Å². The van der Waals surface area contributed by atoms with Gasteiger partial charge in [0.15, 0.2) is 0 Å². The molecule has 0 spiro atoms. The predicted molar refractivity (Wildman–Crippen MR) is 78.0 cm³/mol. The van der Waals surface area contributed by atoms with Gasteiger partial charge in [-0.25, -0.2) is 0 Å². The van der Waals surface area contributed by atoms with Crippen LogP contribution in [0.2, 0.25) is 0 Å². The van der Waals surface area contributed by atoms with Crippen LogP contribution in [0.15, 0.2) is 23.0 Å². The van der Waals surface area contributed by atoms with Crippen LogP contribution in [-0.4, -0.2) is 68.1 Å². The van der Waals surface area contributed by atoms with Crippen molar-refractivity contribution in [3.63, 3.8) is 0 Å². The molecule has 0 bridgehead atoms. The van der Waals surface area contributed by atoms with Gasteiger partial charge in [0.1, 0.15) is 5.69 Å². The lowest BCUT2D eigenvalue weighted by atomic mass is 10.3. The number of ether oxygens (including phenoxy) is 1. The first kappa shape index (κ1) is 16.4. The first-order chi connectivity index (χ1) is 9.54. The van der Waals surface area contributed by atoms with Gasteiger partial charge in [0, 0.05) is 26.3 Å². The summed E-state index contributed by atoms with van der Waals surface area (Å²) in [5.74, 6) is -0.168. The van der Waals surface area contributed by atoms with E-state index >= 15 is 0 Å². The second-order valence-corrected chi connectivity index (χ2v) is 4.87. The van der Waals surface area contributed by atoms with Gasteiger partial charge in [-0.2, -0.15) is 0 Å². The molecule has 1 aromatic rings. The summed E-state index contributed by atoms with van der Waals surface area (Å²) in [7, 11) is 5.60. The Kier molecular flexibility index (Phi) is 6.97. The molecule has 1 rings (SSSR count). The van der Waals surface area contributed by atoms with E-state index in [1.807, 2.05) is 14.1 Å². The molecular weight excluding hydrogens is 258 g/mol. The molecule has 0 aliphatic heterocycles. The number of aromatic nitrogens is 1. The van der Waals surface area contributed by atoms with Crippen molar-refractivity contribution in [2.24, 2.45) is 0 Å². The summed E-state index contributed by atoms with van der Waals surface area (Å²) in [5, 5.41) is 0. The Bertz CT molecular complexity index is 471. The second-order valence-electron chi connectivity index (χ2n) is 4.87. The molecule has 112 valence electrons. The van der Waals surface area contributed by atoms with E-state index in [1.54, 1.807) is 24.1 Å². The molecule has 1 amide bonds. The minimum Gasteiger partial charge on any atom is -0.383 e. The van der Waals surface area contributed by atoms with Gasteiger partial charge in [0.25, 0.3) is 5.91 Å². The Morgan fingerprint density at radius 2 is 2.00 bits per heavy atom. The highest BCUT2D eigenvalue weighted by molar-refractivity contribution is 5.92. The van der Waals surface area contributed by atoms with Gasteiger partial charge in [-0.1, -0.05) is 6.07 Å². The Hall–Kier alpha value is -1.66. The number of hydrogen-bond donors (Lipinski definition) is 1. The van der Waals surface area contributed by atoms with Gasteiger partial charge >= 0.3 is 0 Å². The van der Waals surface area contributed by atoms with Gasteiger partial charge in [0.05, 0.1) is 6.61 Å². The number of H-pyrrole nitrogens is 1. The fourth-order valence-corrected chi connectivity index (χ4v) is 1.84. The molecular formula is C14H23N3O3. The third-order valence-electron chi connectivity index (χ3n) is 2.88. The molecule has 0 unspecified atom stereocenters. The van der Waals surface area contributed by atoms with Crippen molar-refractivity contribution < 1.29 is 9.53 Å². The molecule has 0 radical (unpaired) electrons. The van der Waals surface area contributed by atoms with Crippen molar-refractivity contribution in [2.45, 2.75) is 6.42 Å². The van der Waals surface area contributed by atoms with Crippen molar-refractivity contribution in [3.8, 4) is 0 Å². The zero-order valence-corrected chi connectivity index (χ0v) is 12.4. The van der Waals surface area contributed by atoms with Gasteiger partial charge in [-0.3, -0.25) is 9.59 Å². The number of carbonyl (C=O) groups is 1. The maximum absolute atomic E-state index is 12.4. The summed E-state index contributed by atoms with van der Waals surface area (Å²) in [6, 6.07) is 4.60. The highest BCUT2D eigenvalue weighted by Crippen LogP contribution is 2.02. The molecule has 6 heteroatoms. The molecule has 0 atom stereocenters. The van der Waals surface area contributed by atoms with E-state index in [4.69, 9.17) is 4.74 Å². The molecule has 0 aliphatic rings. The highest BCUT2D eigenvalue weighted by atomic mass is 16.5. The summed E-state index contributed by atoms with van der Waals surface area (Å²) in [5.41, 5.74) is 0.0503. The Morgan fingerprint density at radius 1 is 1.25 bits per heavy atom. The first-order valence-electron chi connectivity index (χ1n) is 6.67. The molecule has 1 heterocycles. The van der Waals surface area contributed by atoms with Crippen LogP contribution in [-0.2, 0) is 4.74 Å². The molecule has 0 fully saturated rings. The molecule has 0 saturated carbocycles. The van der Waals surface area contributed by atoms with E-state index in [-0.39, 0.29) is 11.5 Å². The number of nitrogens with zero attached hydrogens (tertiary/aromatic N) is 2. The number of rotatable bonds is 8. The smallest absolute Gasteiger partial charge is 0.270 e. The number of hydrogen-bond acceptors (Lipinski definition) is 4. The summed E-state index contributed by atoms with van der Waals surface area (Å²) in [4.78, 5) is 30.0. The van der Waals surface area contributed by atoms with Gasteiger partial charge in [-0.15, -0.1) is 0 Å². The summed E-state index contributed by atoms with van der Waals surface area (Å²) >= 11 is 0. The SMILES string of the molecule is COCCN(CCCN(C)C)C(=O)c1cccc(=O)[nH]1. The van der Waals surface area contributed by atoms with Crippen LogP contribution < -0.4 is 5.56 Å². The van der Waals surface area contributed by atoms with Crippen LogP contribution in [0.25, 0.3) is 0 Å². The van der Waals surface area contributed by atoms with Crippen LogP contribution in [0.1, 0.15) is 16.9 Å². The second kappa shape index (κ2) is 8.50. The first-order valence-corrected chi connectivity index (χ1v) is 6.67. The maximum atomic E-state index is 12.4. The lowest BCUT2D eigenvalue weighted by molar-refractivity contribution is 0.0683. The zero-order chi connectivity index (χ0) is 15.0. The summed E-state index contributed by atoms with van der Waals surface area (Å²) < 4.78 is 5.03. The van der Waals surface area contributed by atoms with E-state index in [0.717, 1.165) is 13.0 Å². The molecule has 0 saturated heterocycles. The fourth-order valence-electron chi connectivity index (χ4n) is 1.84. The lowest BCUT2D eigenvalue weighted by Gasteiger charge is -2.23. The van der Waals surface area contributed by atoms with E-state index in [1.165, 1.54) is 6.07 Å². The monoisotopic (exact) mass is 281 g/mol. The Morgan fingerprint density at radius 3 is 2.60 bits per heavy atom. The van der Waals surface area contributed by atoms with Crippen molar-refractivity contribution in [1.82, 2.24) is 14.8 Å². The van der Waals surface area contributed by atoms with Crippen LogP contribution >= 0.6 is 0 Å². The predicted octanol–water partition coefficient (Wildman–Crippen LogP) is 0.415. The van der Waals surface area contributed by atoms with E-state index in [0.29, 0.717) is 25.4 Å². The molecule has 0 aromatic carbocycles. The largest absolute Gasteiger partial charge is 0.383 e. The van der Waals surface area contributed by atoms with E-state index < -0.39 is 0 Å². The number of carbonyl (C=O) groups excluding carboxylic acids is 1. The van der Waals surface area contributed by atoms with Crippen LogP contribution in [0.3, 0.4) is 0 Å². The zero-order valence-electron chi connectivity index (χ0n) is 12.4. The average Bonchev–Trinajstić information content (AvgIpc) is 2.41. The van der Waals surface area contributed by atoms with Crippen molar-refractivity contribution in [1.29, 1.82) is 0 Å². The van der Waals surface area contributed by atoms with Crippen molar-refractivity contribution in [2.75, 3.05) is 47.4 Å². The molecule has 6 nitrogen and oxygen atoms in total. The number of aromatic amines is 1. The number of nitrogens with one attached hydrogen (secondary N) is 1. The molecule has 1 aromatic heterocycles. The molecule has 1 N–H and O–H groups in total. The summed E-state index contributed by atoms with van der Waals surface area (Å²) in [6.07, 6.45) is 0.875.